The second kappa shape index (κ2) is 9.36. The maximum atomic E-state index is 14.6. The molecule has 5 heterocycles. The summed E-state index contributed by atoms with van der Waals surface area (Å²) in [5.74, 6) is -4.57. The van der Waals surface area contributed by atoms with Crippen LogP contribution in [0.15, 0.2) is 48.9 Å². The van der Waals surface area contributed by atoms with Gasteiger partial charge in [0.25, 0.3) is 11.8 Å². The first-order chi connectivity index (χ1) is 18.7. The van der Waals surface area contributed by atoms with E-state index in [2.05, 4.69) is 25.5 Å². The fourth-order valence-corrected chi connectivity index (χ4v) is 4.79. The van der Waals surface area contributed by atoms with Gasteiger partial charge >= 0.3 is 6.55 Å². The van der Waals surface area contributed by atoms with Gasteiger partial charge in [0, 0.05) is 29.7 Å². The molecule has 4 aromatic rings. The molecule has 2 aliphatic heterocycles. The molecule has 39 heavy (non-hydrogen) atoms. The minimum atomic E-state index is -3.06. The van der Waals surface area contributed by atoms with Gasteiger partial charge < -0.3 is 15.1 Å². The molecule has 14 heteroatoms. The van der Waals surface area contributed by atoms with Gasteiger partial charge in [0.2, 0.25) is 5.95 Å². The van der Waals surface area contributed by atoms with E-state index in [0.717, 1.165) is 22.2 Å². The van der Waals surface area contributed by atoms with Crippen LogP contribution in [0.3, 0.4) is 0 Å². The van der Waals surface area contributed by atoms with Gasteiger partial charge in [-0.15, -0.1) is 0 Å². The van der Waals surface area contributed by atoms with Crippen molar-refractivity contribution in [2.45, 2.75) is 25.4 Å². The molecule has 2 aliphatic rings. The van der Waals surface area contributed by atoms with Gasteiger partial charge in [0.05, 0.1) is 32.0 Å². The van der Waals surface area contributed by atoms with Crippen LogP contribution in [0.2, 0.25) is 0 Å². The first kappa shape index (κ1) is 24.8. The highest BCUT2D eigenvalue weighted by Crippen LogP contribution is 2.34. The van der Waals surface area contributed by atoms with Gasteiger partial charge in [-0.1, -0.05) is 12.1 Å². The minimum absolute atomic E-state index is 0.0758. The van der Waals surface area contributed by atoms with E-state index >= 15 is 0 Å². The summed E-state index contributed by atoms with van der Waals surface area (Å²) in [4.78, 5) is 23.5. The molecule has 3 aromatic heterocycles. The van der Waals surface area contributed by atoms with E-state index in [-0.39, 0.29) is 36.1 Å². The molecule has 0 saturated carbocycles. The summed E-state index contributed by atoms with van der Waals surface area (Å²) in [7, 11) is 0. The van der Waals surface area contributed by atoms with Crippen molar-refractivity contribution in [3.8, 4) is 11.1 Å². The standard InChI is InChI=1S/C25H21F5N8O/c26-18-10-31-24(35-21(18)34-17-3-1-14(2-4-17)16-8-32-33-9-16)36-6-5-15-7-19(38(23(27)28)20(15)11-36)22(39)37-12-25(29,30)13-37/h1-4,7-10,23H,5-6,11-13H2,(H,32,33)(H,31,34,35). The van der Waals surface area contributed by atoms with Crippen LogP contribution in [-0.2, 0) is 13.0 Å². The molecule has 1 fully saturated rings. The van der Waals surface area contributed by atoms with E-state index < -0.39 is 37.3 Å². The molecular weight excluding hydrogens is 523 g/mol. The molecule has 0 spiro atoms. The number of carbonyl (C=O) groups is 1. The third-order valence-corrected chi connectivity index (χ3v) is 6.76. The zero-order valence-electron chi connectivity index (χ0n) is 20.2. The van der Waals surface area contributed by atoms with Crippen LogP contribution in [0.1, 0.15) is 28.3 Å². The molecule has 6 rings (SSSR count). The maximum absolute atomic E-state index is 14.6. The summed E-state index contributed by atoms with van der Waals surface area (Å²) >= 11 is 0. The number of nitrogens with zero attached hydrogens (tertiary/aromatic N) is 6. The lowest BCUT2D eigenvalue weighted by Gasteiger charge is -2.38. The van der Waals surface area contributed by atoms with E-state index in [9.17, 15) is 26.7 Å². The number of benzene rings is 1. The topological polar surface area (TPSA) is 95.0 Å². The lowest BCUT2D eigenvalue weighted by atomic mass is 10.1. The van der Waals surface area contributed by atoms with Gasteiger partial charge in [0.15, 0.2) is 11.6 Å². The van der Waals surface area contributed by atoms with Gasteiger partial charge in [-0.05, 0) is 35.7 Å². The van der Waals surface area contributed by atoms with E-state index in [1.807, 2.05) is 12.1 Å². The Balaban J connectivity index is 1.23. The summed E-state index contributed by atoms with van der Waals surface area (Å²) in [5.41, 5.74) is 2.70. The Morgan fingerprint density at radius 1 is 1.10 bits per heavy atom. The Labute approximate surface area is 218 Å². The SMILES string of the molecule is O=C(c1cc2c(n1C(F)F)CN(c1ncc(F)c(Nc3ccc(-c4cn[nH]c4)cc3)n1)CC2)N1CC(F)(F)C1. The van der Waals surface area contributed by atoms with Crippen molar-refractivity contribution in [3.05, 3.63) is 71.7 Å². The van der Waals surface area contributed by atoms with Crippen LogP contribution in [0.5, 0.6) is 0 Å². The number of hydrogen-bond acceptors (Lipinski definition) is 6. The fraction of sp³-hybridized carbons (Fsp3) is 0.280. The van der Waals surface area contributed by atoms with E-state index in [0.29, 0.717) is 22.4 Å². The number of alkyl halides is 4. The number of aromatic nitrogens is 5. The lowest BCUT2D eigenvalue weighted by molar-refractivity contribution is -0.113. The second-order valence-electron chi connectivity index (χ2n) is 9.39. The highest BCUT2D eigenvalue weighted by atomic mass is 19.3. The van der Waals surface area contributed by atoms with Crippen LogP contribution in [0.4, 0.5) is 39.4 Å². The van der Waals surface area contributed by atoms with E-state index in [4.69, 9.17) is 0 Å². The molecule has 9 nitrogen and oxygen atoms in total. The van der Waals surface area contributed by atoms with Crippen LogP contribution >= 0.6 is 0 Å². The summed E-state index contributed by atoms with van der Waals surface area (Å²) in [6.07, 6.45) is 4.70. The Hall–Kier alpha value is -4.49. The first-order valence-electron chi connectivity index (χ1n) is 12.0. The second-order valence-corrected chi connectivity index (χ2v) is 9.39. The molecule has 2 N–H and O–H groups in total. The molecule has 202 valence electrons. The number of fused-ring (bicyclic) bond motifs is 1. The predicted molar refractivity (Wildman–Crippen MR) is 131 cm³/mol. The Bertz CT molecular complexity index is 1510. The summed E-state index contributed by atoms with van der Waals surface area (Å²) < 4.78 is 69.8. The number of amides is 1. The average molecular weight is 544 g/mol. The summed E-state index contributed by atoms with van der Waals surface area (Å²) in [6.45, 7) is -4.43. The van der Waals surface area contributed by atoms with Crippen molar-refractivity contribution in [1.29, 1.82) is 0 Å². The first-order valence-corrected chi connectivity index (χ1v) is 12.0. The Kier molecular flexibility index (Phi) is 5.96. The van der Waals surface area contributed by atoms with E-state index in [1.165, 1.54) is 6.07 Å². The van der Waals surface area contributed by atoms with Gasteiger partial charge in [0.1, 0.15) is 5.69 Å². The summed E-state index contributed by atoms with van der Waals surface area (Å²) in [6, 6.07) is 8.50. The number of nitrogens with one attached hydrogen (secondary N) is 2. The van der Waals surface area contributed by atoms with Crippen molar-refractivity contribution >= 4 is 23.4 Å². The molecule has 1 aromatic carbocycles. The number of carbonyl (C=O) groups excluding carboxylic acids is 1. The molecule has 1 saturated heterocycles. The molecular formula is C25H21F5N8O. The molecule has 1 amide bonds. The highest BCUT2D eigenvalue weighted by Gasteiger charge is 2.47. The number of likely N-dealkylation sites (tertiary alicyclic amines) is 1. The van der Waals surface area contributed by atoms with E-state index in [1.54, 1.807) is 29.4 Å². The molecule has 0 bridgehead atoms. The van der Waals surface area contributed by atoms with Crippen molar-refractivity contribution in [2.75, 3.05) is 29.9 Å². The Morgan fingerprint density at radius 2 is 1.87 bits per heavy atom. The molecule has 0 radical (unpaired) electrons. The number of aromatic amines is 1. The van der Waals surface area contributed by atoms with Gasteiger partial charge in [-0.2, -0.15) is 18.9 Å². The predicted octanol–water partition coefficient (Wildman–Crippen LogP) is 4.60. The van der Waals surface area contributed by atoms with Gasteiger partial charge in [-0.25, -0.2) is 18.2 Å². The zero-order chi connectivity index (χ0) is 27.3. The van der Waals surface area contributed by atoms with Gasteiger partial charge in [-0.3, -0.25) is 14.5 Å². The van der Waals surface area contributed by atoms with Crippen LogP contribution in [-0.4, -0.2) is 61.1 Å². The smallest absolute Gasteiger partial charge is 0.319 e. The summed E-state index contributed by atoms with van der Waals surface area (Å²) in [5, 5.41) is 9.56. The monoisotopic (exact) mass is 544 g/mol. The third-order valence-electron chi connectivity index (χ3n) is 6.76. The number of hydrogen-bond donors (Lipinski definition) is 2. The highest BCUT2D eigenvalue weighted by molar-refractivity contribution is 5.94. The van der Waals surface area contributed by atoms with Crippen molar-refractivity contribution in [2.24, 2.45) is 0 Å². The van der Waals surface area contributed by atoms with Crippen LogP contribution < -0.4 is 10.2 Å². The van der Waals surface area contributed by atoms with Crippen molar-refractivity contribution in [1.82, 2.24) is 29.6 Å². The third kappa shape index (κ3) is 4.66. The number of rotatable bonds is 6. The molecule has 0 atom stereocenters. The van der Waals surface area contributed by atoms with Crippen molar-refractivity contribution in [3.63, 3.8) is 0 Å². The minimum Gasteiger partial charge on any atom is -0.338 e. The van der Waals surface area contributed by atoms with Crippen molar-refractivity contribution < 1.29 is 26.7 Å². The van der Waals surface area contributed by atoms with Crippen LogP contribution in [0, 0.1) is 5.82 Å². The number of halogens is 5. The Morgan fingerprint density at radius 3 is 2.54 bits per heavy atom. The maximum Gasteiger partial charge on any atom is 0.319 e. The lowest BCUT2D eigenvalue weighted by Crippen LogP contribution is -2.58. The largest absolute Gasteiger partial charge is 0.338 e. The normalized spacial score (nSPS) is 16.3. The fourth-order valence-electron chi connectivity index (χ4n) is 4.79. The average Bonchev–Trinajstić information content (AvgIpc) is 3.56. The number of H-pyrrole nitrogens is 1. The number of anilines is 3. The zero-order valence-corrected chi connectivity index (χ0v) is 20.2. The van der Waals surface area contributed by atoms with Crippen LogP contribution in [0.25, 0.3) is 11.1 Å². The molecule has 0 aliphatic carbocycles. The molecule has 0 unspecified atom stereocenters. The quantitative estimate of drug-likeness (QED) is 0.345.